The van der Waals surface area contributed by atoms with Crippen LogP contribution in [0.1, 0.15) is 25.5 Å². The number of nitrogens with zero attached hydrogens (tertiary/aromatic N) is 1. The van der Waals surface area contributed by atoms with Crippen molar-refractivity contribution in [2.75, 3.05) is 6.54 Å². The summed E-state index contributed by atoms with van der Waals surface area (Å²) >= 11 is 0. The average Bonchev–Trinajstić information content (AvgIpc) is 2.78. The fourth-order valence-electron chi connectivity index (χ4n) is 1.94. The van der Waals surface area contributed by atoms with E-state index in [0.29, 0.717) is 6.04 Å². The number of H-pyrrole nitrogens is 1. The molecule has 2 rings (SSSR count). The Morgan fingerprint density at radius 3 is 3.07 bits per heavy atom. The van der Waals surface area contributed by atoms with Gasteiger partial charge >= 0.3 is 0 Å². The molecule has 0 aromatic carbocycles. The van der Waals surface area contributed by atoms with Crippen LogP contribution < -0.4 is 10.9 Å². The molecule has 0 bridgehead atoms. The third kappa shape index (κ3) is 1.90. The lowest BCUT2D eigenvalue weighted by atomic mass is 10.2. The second-order valence-electron chi connectivity index (χ2n) is 3.88. The normalized spacial score (nSPS) is 21.6. The Hall–Kier alpha value is -1.03. The summed E-state index contributed by atoms with van der Waals surface area (Å²) < 4.78 is 1.71. The Labute approximate surface area is 83.3 Å². The minimum absolute atomic E-state index is 0.0931. The van der Waals surface area contributed by atoms with Gasteiger partial charge in [0.15, 0.2) is 0 Å². The van der Waals surface area contributed by atoms with Crippen molar-refractivity contribution in [3.05, 3.63) is 22.1 Å². The van der Waals surface area contributed by atoms with Crippen molar-refractivity contribution in [1.82, 2.24) is 15.1 Å². The first-order valence-electron chi connectivity index (χ1n) is 5.31. The van der Waals surface area contributed by atoms with Gasteiger partial charge in [-0.05, 0) is 25.8 Å². The second-order valence-corrected chi connectivity index (χ2v) is 3.88. The van der Waals surface area contributed by atoms with Gasteiger partial charge in [0.25, 0.3) is 5.56 Å². The summed E-state index contributed by atoms with van der Waals surface area (Å²) in [6.45, 7) is 3.91. The van der Waals surface area contributed by atoms with Crippen LogP contribution in [0.4, 0.5) is 0 Å². The maximum atomic E-state index is 11.5. The number of rotatable bonds is 3. The molecule has 2 heterocycles. The van der Waals surface area contributed by atoms with Crippen LogP contribution in [-0.2, 0) is 13.0 Å². The van der Waals surface area contributed by atoms with Gasteiger partial charge in [0.2, 0.25) is 0 Å². The predicted molar refractivity (Wildman–Crippen MR) is 55.5 cm³/mol. The van der Waals surface area contributed by atoms with E-state index in [4.69, 9.17) is 0 Å². The van der Waals surface area contributed by atoms with E-state index in [9.17, 15) is 4.79 Å². The molecule has 1 aromatic heterocycles. The SMILES string of the molecule is CCc1cc(=O)n(CC2CCCN2)[nH]1. The molecule has 4 nitrogen and oxygen atoms in total. The molecule has 1 aliphatic heterocycles. The summed E-state index contributed by atoms with van der Waals surface area (Å²) in [5, 5.41) is 6.50. The Kier molecular flexibility index (Phi) is 2.72. The first kappa shape index (κ1) is 9.52. The maximum absolute atomic E-state index is 11.5. The first-order valence-corrected chi connectivity index (χ1v) is 5.31. The molecule has 1 aromatic rings. The summed E-state index contributed by atoms with van der Waals surface area (Å²) in [5.74, 6) is 0. The first-order chi connectivity index (χ1) is 6.79. The number of hydrogen-bond donors (Lipinski definition) is 2. The van der Waals surface area contributed by atoms with E-state index < -0.39 is 0 Å². The Balaban J connectivity index is 2.07. The van der Waals surface area contributed by atoms with Gasteiger partial charge in [-0.3, -0.25) is 14.6 Å². The third-order valence-electron chi connectivity index (χ3n) is 2.79. The van der Waals surface area contributed by atoms with Crippen LogP contribution in [-0.4, -0.2) is 22.4 Å². The Morgan fingerprint density at radius 1 is 1.64 bits per heavy atom. The number of aromatic nitrogens is 2. The zero-order valence-electron chi connectivity index (χ0n) is 8.55. The summed E-state index contributed by atoms with van der Waals surface area (Å²) in [7, 11) is 0. The fourth-order valence-corrected chi connectivity index (χ4v) is 1.94. The van der Waals surface area contributed by atoms with Crippen LogP contribution in [0.2, 0.25) is 0 Å². The molecule has 1 saturated heterocycles. The van der Waals surface area contributed by atoms with Gasteiger partial charge < -0.3 is 5.32 Å². The van der Waals surface area contributed by atoms with Crippen molar-refractivity contribution in [1.29, 1.82) is 0 Å². The summed E-state index contributed by atoms with van der Waals surface area (Å²) in [6.07, 6.45) is 3.29. The second kappa shape index (κ2) is 4.00. The van der Waals surface area contributed by atoms with Crippen LogP contribution in [0.25, 0.3) is 0 Å². The van der Waals surface area contributed by atoms with Crippen molar-refractivity contribution in [2.45, 2.75) is 38.8 Å². The van der Waals surface area contributed by atoms with Crippen LogP contribution in [0.5, 0.6) is 0 Å². The minimum atomic E-state index is 0.0931. The van der Waals surface area contributed by atoms with E-state index in [1.807, 2.05) is 6.92 Å². The topological polar surface area (TPSA) is 49.8 Å². The molecular weight excluding hydrogens is 178 g/mol. The molecule has 2 N–H and O–H groups in total. The molecule has 78 valence electrons. The van der Waals surface area contributed by atoms with Gasteiger partial charge in [-0.1, -0.05) is 6.92 Å². The van der Waals surface area contributed by atoms with Crippen molar-refractivity contribution in [2.24, 2.45) is 0 Å². The maximum Gasteiger partial charge on any atom is 0.266 e. The molecule has 4 heteroatoms. The van der Waals surface area contributed by atoms with Gasteiger partial charge in [-0.15, -0.1) is 0 Å². The molecule has 0 amide bonds. The molecule has 1 aliphatic rings. The van der Waals surface area contributed by atoms with E-state index in [0.717, 1.165) is 25.2 Å². The van der Waals surface area contributed by atoms with Gasteiger partial charge in [0, 0.05) is 17.8 Å². The zero-order chi connectivity index (χ0) is 9.97. The highest BCUT2D eigenvalue weighted by molar-refractivity contribution is 4.99. The van der Waals surface area contributed by atoms with Crippen LogP contribution in [0.3, 0.4) is 0 Å². The predicted octanol–water partition coefficient (Wildman–Crippen LogP) is 0.491. The van der Waals surface area contributed by atoms with E-state index in [1.165, 1.54) is 12.8 Å². The summed E-state index contributed by atoms with van der Waals surface area (Å²) in [5.41, 5.74) is 1.11. The molecule has 1 unspecified atom stereocenters. The van der Waals surface area contributed by atoms with Crippen LogP contribution >= 0.6 is 0 Å². The standard InChI is InChI=1S/C10H17N3O/c1-2-8-6-10(14)13(12-8)7-9-4-3-5-11-9/h6,9,11-12H,2-5,7H2,1H3. The quantitative estimate of drug-likeness (QED) is 0.737. The lowest BCUT2D eigenvalue weighted by Gasteiger charge is -2.09. The molecule has 1 atom stereocenters. The van der Waals surface area contributed by atoms with Crippen molar-refractivity contribution < 1.29 is 0 Å². The third-order valence-corrected chi connectivity index (χ3v) is 2.79. The van der Waals surface area contributed by atoms with Crippen molar-refractivity contribution in [3.8, 4) is 0 Å². The fraction of sp³-hybridized carbons (Fsp3) is 0.700. The van der Waals surface area contributed by atoms with Crippen LogP contribution in [0.15, 0.2) is 10.9 Å². The highest BCUT2D eigenvalue weighted by atomic mass is 16.1. The average molecular weight is 195 g/mol. The van der Waals surface area contributed by atoms with Gasteiger partial charge in [-0.25, -0.2) is 0 Å². The number of hydrogen-bond acceptors (Lipinski definition) is 2. The van der Waals surface area contributed by atoms with Crippen LogP contribution in [0, 0.1) is 0 Å². The number of aromatic amines is 1. The molecule has 0 aliphatic carbocycles. The molecule has 0 radical (unpaired) electrons. The lowest BCUT2D eigenvalue weighted by Crippen LogP contribution is -2.31. The number of nitrogens with one attached hydrogen (secondary N) is 2. The molecule has 1 fully saturated rings. The molecule has 14 heavy (non-hydrogen) atoms. The van der Waals surface area contributed by atoms with Crippen molar-refractivity contribution in [3.63, 3.8) is 0 Å². The number of aryl methyl sites for hydroxylation is 1. The van der Waals surface area contributed by atoms with Crippen molar-refractivity contribution >= 4 is 0 Å². The minimum Gasteiger partial charge on any atom is -0.312 e. The van der Waals surface area contributed by atoms with E-state index >= 15 is 0 Å². The Bertz CT molecular complexity index is 346. The monoisotopic (exact) mass is 195 g/mol. The summed E-state index contributed by atoms with van der Waals surface area (Å²) in [6, 6.07) is 2.16. The van der Waals surface area contributed by atoms with Gasteiger partial charge in [0.1, 0.15) is 0 Å². The van der Waals surface area contributed by atoms with Gasteiger partial charge in [-0.2, -0.15) is 0 Å². The zero-order valence-corrected chi connectivity index (χ0v) is 8.55. The Morgan fingerprint density at radius 2 is 2.50 bits per heavy atom. The highest BCUT2D eigenvalue weighted by Crippen LogP contribution is 2.06. The molecule has 0 spiro atoms. The van der Waals surface area contributed by atoms with Gasteiger partial charge in [0.05, 0.1) is 6.54 Å². The smallest absolute Gasteiger partial charge is 0.266 e. The summed E-state index contributed by atoms with van der Waals surface area (Å²) in [4.78, 5) is 11.5. The van der Waals surface area contributed by atoms with E-state index in [1.54, 1.807) is 10.7 Å². The molecule has 0 saturated carbocycles. The highest BCUT2D eigenvalue weighted by Gasteiger charge is 2.15. The lowest BCUT2D eigenvalue weighted by molar-refractivity contribution is 0.465. The largest absolute Gasteiger partial charge is 0.312 e. The van der Waals surface area contributed by atoms with E-state index in [2.05, 4.69) is 10.4 Å². The van der Waals surface area contributed by atoms with E-state index in [-0.39, 0.29) is 5.56 Å². The molecular formula is C10H17N3O.